The maximum Gasteiger partial charge on any atom is 0.256 e. The predicted molar refractivity (Wildman–Crippen MR) is 87.5 cm³/mol. The van der Waals surface area contributed by atoms with Crippen LogP contribution in [0.1, 0.15) is 40.4 Å². The summed E-state index contributed by atoms with van der Waals surface area (Å²) in [6, 6.07) is 4.42. The number of hydrogen-bond acceptors (Lipinski definition) is 5. The Balaban J connectivity index is 1.72. The van der Waals surface area contributed by atoms with Gasteiger partial charge in [0, 0.05) is 24.2 Å². The Bertz CT molecular complexity index is 817. The predicted octanol–water partition coefficient (Wildman–Crippen LogP) is 1.69. The Hall–Kier alpha value is -2.41. The number of nitrogens with one attached hydrogen (secondary N) is 1. The average molecular weight is 330 g/mol. The summed E-state index contributed by atoms with van der Waals surface area (Å²) in [4.78, 5) is 13.0. The summed E-state index contributed by atoms with van der Waals surface area (Å²) >= 11 is 0. The number of nitrogens with two attached hydrogens (primary N) is 1. The summed E-state index contributed by atoms with van der Waals surface area (Å²) in [5.41, 5.74) is 9.07. The van der Waals surface area contributed by atoms with Crippen molar-refractivity contribution in [3.05, 3.63) is 40.8 Å². The van der Waals surface area contributed by atoms with Gasteiger partial charge < -0.3 is 16.2 Å². The number of anilines is 2. The number of aliphatic hydroxyl groups excluding tert-OH is 1. The van der Waals surface area contributed by atoms with Crippen molar-refractivity contribution in [2.45, 2.75) is 37.7 Å². The van der Waals surface area contributed by atoms with Crippen molar-refractivity contribution in [2.24, 2.45) is 0 Å². The highest BCUT2D eigenvalue weighted by Gasteiger charge is 2.32. The molecule has 0 radical (unpaired) electrons. The van der Waals surface area contributed by atoms with Crippen LogP contribution in [0.4, 0.5) is 15.9 Å². The van der Waals surface area contributed by atoms with Crippen LogP contribution in [-0.4, -0.2) is 33.4 Å². The monoisotopic (exact) mass is 330 g/mol. The quantitative estimate of drug-likeness (QED) is 0.740. The van der Waals surface area contributed by atoms with Gasteiger partial charge in [-0.15, -0.1) is 0 Å². The number of fused-ring (bicyclic) bond motifs is 2. The second-order valence-corrected chi connectivity index (χ2v) is 6.46. The van der Waals surface area contributed by atoms with Crippen LogP contribution in [0.5, 0.6) is 0 Å². The third kappa shape index (κ3) is 2.36. The van der Waals surface area contributed by atoms with Crippen molar-refractivity contribution in [1.29, 1.82) is 0 Å². The zero-order chi connectivity index (χ0) is 16.8. The van der Waals surface area contributed by atoms with Crippen LogP contribution in [0, 0.1) is 5.82 Å². The third-order valence-electron chi connectivity index (χ3n) is 4.90. The first-order valence-electron chi connectivity index (χ1n) is 8.16. The van der Waals surface area contributed by atoms with Gasteiger partial charge in [0.2, 0.25) is 0 Å². The van der Waals surface area contributed by atoms with Crippen molar-refractivity contribution in [3.8, 4) is 0 Å². The molecule has 0 bridgehead atoms. The van der Waals surface area contributed by atoms with Gasteiger partial charge in [-0.3, -0.25) is 4.79 Å². The Morgan fingerprint density at radius 3 is 3.08 bits per heavy atom. The number of nitrogen functional groups attached to an aromatic ring is 1. The van der Waals surface area contributed by atoms with Crippen LogP contribution in [0.25, 0.3) is 0 Å². The number of carbonyl (C=O) groups is 1. The van der Waals surface area contributed by atoms with Gasteiger partial charge in [-0.2, -0.15) is 9.78 Å². The van der Waals surface area contributed by atoms with Gasteiger partial charge in [0.25, 0.3) is 5.91 Å². The molecule has 2 heterocycles. The lowest BCUT2D eigenvalue weighted by molar-refractivity contribution is 0.0859. The van der Waals surface area contributed by atoms with E-state index in [0.29, 0.717) is 43.6 Å². The van der Waals surface area contributed by atoms with Gasteiger partial charge in [-0.1, -0.05) is 0 Å². The second-order valence-electron chi connectivity index (χ2n) is 6.46. The van der Waals surface area contributed by atoms with Crippen LogP contribution in [0.15, 0.2) is 18.2 Å². The molecular weight excluding hydrogens is 311 g/mol. The van der Waals surface area contributed by atoms with Gasteiger partial charge in [0.1, 0.15) is 11.6 Å². The Morgan fingerprint density at radius 2 is 2.25 bits per heavy atom. The molecule has 1 aliphatic heterocycles. The smallest absolute Gasteiger partial charge is 0.256 e. The number of benzene rings is 1. The number of aromatic nitrogens is 2. The van der Waals surface area contributed by atoms with E-state index in [1.54, 1.807) is 6.07 Å². The van der Waals surface area contributed by atoms with E-state index < -0.39 is 12.0 Å². The summed E-state index contributed by atoms with van der Waals surface area (Å²) in [5, 5.41) is 17.4. The maximum absolute atomic E-state index is 13.6. The number of aryl methyl sites for hydroxylation is 1. The van der Waals surface area contributed by atoms with Gasteiger partial charge in [0.05, 0.1) is 17.7 Å². The molecule has 24 heavy (non-hydrogen) atoms. The summed E-state index contributed by atoms with van der Waals surface area (Å²) in [6.45, 7) is 0.634. The fourth-order valence-electron chi connectivity index (χ4n) is 3.64. The molecule has 4 N–H and O–H groups in total. The fourth-order valence-corrected chi connectivity index (χ4v) is 3.64. The molecule has 0 saturated heterocycles. The highest BCUT2D eigenvalue weighted by Crippen LogP contribution is 2.35. The lowest BCUT2D eigenvalue weighted by Crippen LogP contribution is -2.28. The molecular formula is C17H19FN4O2. The molecule has 0 spiro atoms. The van der Waals surface area contributed by atoms with Crippen LogP contribution < -0.4 is 11.1 Å². The standard InChI is InChI=1S/C17H19FN4O2/c18-9-1-3-14-12(7-9)11(5-6-20-14)17(24)22-16(19)13-8-10(23)2-4-15(13)21-22/h1,3,7,10-11,20,23H,2,4-6,8,19H2. The minimum atomic E-state index is -0.481. The maximum atomic E-state index is 13.6. The SMILES string of the molecule is Nc1c2c(nn1C(=O)C1CCNc3ccc(F)cc31)CCC(O)C2. The summed E-state index contributed by atoms with van der Waals surface area (Å²) in [6.07, 6.45) is 1.77. The summed E-state index contributed by atoms with van der Waals surface area (Å²) in [7, 11) is 0. The molecule has 0 saturated carbocycles. The lowest BCUT2D eigenvalue weighted by Gasteiger charge is -2.25. The Labute approximate surface area is 138 Å². The molecule has 6 nitrogen and oxygen atoms in total. The van der Waals surface area contributed by atoms with Gasteiger partial charge in [-0.25, -0.2) is 4.39 Å². The van der Waals surface area contributed by atoms with Crippen LogP contribution in [0.3, 0.4) is 0 Å². The van der Waals surface area contributed by atoms with Crippen molar-refractivity contribution < 1.29 is 14.3 Å². The fraction of sp³-hybridized carbons (Fsp3) is 0.412. The zero-order valence-corrected chi connectivity index (χ0v) is 13.1. The molecule has 2 aromatic rings. The first-order valence-corrected chi connectivity index (χ1v) is 8.16. The van der Waals surface area contributed by atoms with Crippen molar-refractivity contribution >= 4 is 17.4 Å². The zero-order valence-electron chi connectivity index (χ0n) is 13.1. The molecule has 0 fully saturated rings. The molecule has 7 heteroatoms. The van der Waals surface area contributed by atoms with Gasteiger partial charge in [0.15, 0.2) is 0 Å². The number of aliphatic hydroxyl groups is 1. The minimum Gasteiger partial charge on any atom is -0.393 e. The number of hydrogen-bond donors (Lipinski definition) is 3. The molecule has 2 unspecified atom stereocenters. The number of nitrogens with zero attached hydrogens (tertiary/aromatic N) is 2. The molecule has 126 valence electrons. The van der Waals surface area contributed by atoms with Crippen LogP contribution in [0.2, 0.25) is 0 Å². The normalized spacial score (nSPS) is 22.4. The molecule has 1 aromatic carbocycles. The Morgan fingerprint density at radius 1 is 1.42 bits per heavy atom. The largest absolute Gasteiger partial charge is 0.393 e. The van der Waals surface area contributed by atoms with E-state index >= 15 is 0 Å². The lowest BCUT2D eigenvalue weighted by atomic mass is 9.90. The van der Waals surface area contributed by atoms with Crippen molar-refractivity contribution in [1.82, 2.24) is 9.78 Å². The number of carbonyl (C=O) groups excluding carboxylic acids is 1. The summed E-state index contributed by atoms with van der Waals surface area (Å²) in [5.74, 6) is -0.799. The summed E-state index contributed by atoms with van der Waals surface area (Å²) < 4.78 is 14.9. The average Bonchev–Trinajstić information content (AvgIpc) is 2.90. The topological polar surface area (TPSA) is 93.2 Å². The van der Waals surface area contributed by atoms with E-state index in [0.717, 1.165) is 16.9 Å². The number of halogens is 1. The molecule has 1 aromatic heterocycles. The molecule has 0 amide bonds. The van der Waals surface area contributed by atoms with E-state index in [1.165, 1.54) is 16.8 Å². The van der Waals surface area contributed by atoms with E-state index in [9.17, 15) is 14.3 Å². The first-order chi connectivity index (χ1) is 11.5. The van der Waals surface area contributed by atoms with Gasteiger partial charge in [-0.05, 0) is 43.0 Å². The van der Waals surface area contributed by atoms with Crippen LogP contribution >= 0.6 is 0 Å². The van der Waals surface area contributed by atoms with Gasteiger partial charge >= 0.3 is 0 Å². The van der Waals surface area contributed by atoms with E-state index in [1.807, 2.05) is 0 Å². The molecule has 2 atom stereocenters. The molecule has 2 aliphatic rings. The van der Waals surface area contributed by atoms with E-state index in [2.05, 4.69) is 10.4 Å². The third-order valence-corrected chi connectivity index (χ3v) is 4.90. The van der Waals surface area contributed by atoms with Crippen LogP contribution in [-0.2, 0) is 12.8 Å². The highest BCUT2D eigenvalue weighted by atomic mass is 19.1. The van der Waals surface area contributed by atoms with E-state index in [-0.39, 0.29) is 11.7 Å². The van der Waals surface area contributed by atoms with E-state index in [4.69, 9.17) is 5.73 Å². The molecule has 1 aliphatic carbocycles. The minimum absolute atomic E-state index is 0.246. The Kier molecular flexibility index (Phi) is 3.53. The highest BCUT2D eigenvalue weighted by molar-refractivity contribution is 5.90. The number of rotatable bonds is 1. The molecule has 4 rings (SSSR count). The van der Waals surface area contributed by atoms with Crippen molar-refractivity contribution in [3.63, 3.8) is 0 Å². The second kappa shape index (κ2) is 5.59. The van der Waals surface area contributed by atoms with Crippen molar-refractivity contribution in [2.75, 3.05) is 17.6 Å². The first kappa shape index (κ1) is 15.1.